The highest BCUT2D eigenvalue weighted by atomic mass is 32.1. The lowest BCUT2D eigenvalue weighted by atomic mass is 10.1. The van der Waals surface area contributed by atoms with Gasteiger partial charge < -0.3 is 0 Å². The average molecular weight is 266 g/mol. The van der Waals surface area contributed by atoms with Crippen LogP contribution in [0.2, 0.25) is 0 Å². The van der Waals surface area contributed by atoms with E-state index in [-0.39, 0.29) is 30.3 Å². The van der Waals surface area contributed by atoms with E-state index in [1.807, 2.05) is 6.92 Å². The normalized spacial score (nSPS) is 21.8. The number of hydrogen-bond acceptors (Lipinski definition) is 4. The summed E-state index contributed by atoms with van der Waals surface area (Å²) in [6.45, 7) is 6.19. The Morgan fingerprint density at radius 1 is 1.44 bits per heavy atom. The van der Waals surface area contributed by atoms with E-state index in [0.717, 1.165) is 0 Å². The summed E-state index contributed by atoms with van der Waals surface area (Å²) in [5.74, 6) is -0.237. The van der Waals surface area contributed by atoms with Gasteiger partial charge in [-0.1, -0.05) is 0 Å². The smallest absolute Gasteiger partial charge is 0.246 e. The lowest BCUT2D eigenvalue weighted by molar-refractivity contribution is -0.137. The molecule has 1 saturated heterocycles. The van der Waals surface area contributed by atoms with Crippen molar-refractivity contribution in [3.63, 3.8) is 0 Å². The summed E-state index contributed by atoms with van der Waals surface area (Å²) in [7, 11) is 1.54. The Labute approximate surface area is 111 Å². The molecule has 0 radical (unpaired) electrons. The Hall–Kier alpha value is -1.20. The highest BCUT2D eigenvalue weighted by Crippen LogP contribution is 2.27. The van der Waals surface area contributed by atoms with E-state index in [1.54, 1.807) is 11.3 Å². The Kier molecular flexibility index (Phi) is 3.54. The second-order valence-electron chi connectivity index (χ2n) is 4.80. The van der Waals surface area contributed by atoms with E-state index >= 15 is 0 Å². The van der Waals surface area contributed by atoms with Crippen LogP contribution < -0.4 is 5.32 Å². The van der Waals surface area contributed by atoms with Crippen LogP contribution in [0, 0.1) is 13.8 Å². The summed E-state index contributed by atoms with van der Waals surface area (Å²) in [5.41, 5.74) is 1.22. The Morgan fingerprint density at radius 3 is 2.56 bits per heavy atom. The predicted molar refractivity (Wildman–Crippen MR) is 71.5 cm³/mol. The Bertz CT molecular complexity index is 495. The van der Waals surface area contributed by atoms with Gasteiger partial charge in [0.1, 0.15) is 0 Å². The van der Waals surface area contributed by atoms with Gasteiger partial charge in [-0.3, -0.25) is 19.8 Å². The molecule has 0 aliphatic carbocycles. The van der Waals surface area contributed by atoms with Crippen LogP contribution in [0.5, 0.6) is 0 Å². The van der Waals surface area contributed by atoms with Crippen LogP contribution in [0.4, 0.5) is 0 Å². The topological polar surface area (TPSA) is 49.4 Å². The molecule has 1 fully saturated rings. The molecule has 1 aromatic heterocycles. The molecule has 18 heavy (non-hydrogen) atoms. The van der Waals surface area contributed by atoms with E-state index in [2.05, 4.69) is 25.2 Å². The molecule has 2 atom stereocenters. The van der Waals surface area contributed by atoms with Crippen molar-refractivity contribution in [2.45, 2.75) is 39.3 Å². The van der Waals surface area contributed by atoms with E-state index in [9.17, 15) is 9.59 Å². The first kappa shape index (κ1) is 13.2. The molecule has 1 aromatic rings. The van der Waals surface area contributed by atoms with Gasteiger partial charge in [0, 0.05) is 22.8 Å². The molecule has 2 unspecified atom stereocenters. The first-order chi connectivity index (χ1) is 8.40. The van der Waals surface area contributed by atoms with E-state index in [4.69, 9.17) is 0 Å². The van der Waals surface area contributed by atoms with Gasteiger partial charge in [-0.05, 0) is 32.4 Å². The molecular weight excluding hydrogens is 248 g/mol. The zero-order chi connectivity index (χ0) is 13.4. The number of rotatable bonds is 3. The second-order valence-corrected chi connectivity index (χ2v) is 6.27. The fraction of sp³-hybridized carbons (Fsp3) is 0.538. The number of nitrogens with zero attached hydrogens (tertiary/aromatic N) is 1. The van der Waals surface area contributed by atoms with Gasteiger partial charge in [0.2, 0.25) is 11.8 Å². The van der Waals surface area contributed by atoms with Crippen LogP contribution in [-0.4, -0.2) is 29.8 Å². The van der Waals surface area contributed by atoms with Crippen molar-refractivity contribution in [3.05, 3.63) is 21.4 Å². The Morgan fingerprint density at radius 2 is 2.11 bits per heavy atom. The van der Waals surface area contributed by atoms with Crippen LogP contribution in [-0.2, 0) is 9.59 Å². The predicted octanol–water partition coefficient (Wildman–Crippen LogP) is 1.77. The van der Waals surface area contributed by atoms with Gasteiger partial charge >= 0.3 is 0 Å². The summed E-state index contributed by atoms with van der Waals surface area (Å²) in [6, 6.07) is 1.85. The lowest BCUT2D eigenvalue weighted by Gasteiger charge is -2.18. The van der Waals surface area contributed by atoms with Crippen molar-refractivity contribution >= 4 is 23.2 Å². The van der Waals surface area contributed by atoms with Crippen molar-refractivity contribution < 1.29 is 9.59 Å². The van der Waals surface area contributed by atoms with E-state index in [0.29, 0.717) is 0 Å². The standard InChI is InChI=1S/C13H18N2O2S/c1-7-5-10(9(3)18-7)8(2)14-11-6-12(16)15(4)13(11)17/h5,8,11,14H,6H2,1-4H3. The molecule has 2 heterocycles. The van der Waals surface area contributed by atoms with Gasteiger partial charge in [0.05, 0.1) is 12.5 Å². The summed E-state index contributed by atoms with van der Waals surface area (Å²) < 4.78 is 0. The number of likely N-dealkylation sites (N-methyl/N-ethyl adjacent to an activating group) is 1. The molecule has 0 saturated carbocycles. The first-order valence-electron chi connectivity index (χ1n) is 6.03. The number of carbonyl (C=O) groups is 2. The van der Waals surface area contributed by atoms with Gasteiger partial charge in [-0.15, -0.1) is 11.3 Å². The molecule has 2 amide bonds. The number of aryl methyl sites for hydroxylation is 2. The second kappa shape index (κ2) is 4.82. The van der Waals surface area contributed by atoms with Crippen molar-refractivity contribution in [1.29, 1.82) is 0 Å². The largest absolute Gasteiger partial charge is 0.299 e. The summed E-state index contributed by atoms with van der Waals surface area (Å²) in [6.07, 6.45) is 0.266. The van der Waals surface area contributed by atoms with Gasteiger partial charge in [-0.25, -0.2) is 0 Å². The highest BCUT2D eigenvalue weighted by molar-refractivity contribution is 7.12. The summed E-state index contributed by atoms with van der Waals surface area (Å²) in [5, 5.41) is 3.25. The molecule has 1 aliphatic heterocycles. The maximum absolute atomic E-state index is 11.8. The van der Waals surface area contributed by atoms with Gasteiger partial charge in [-0.2, -0.15) is 0 Å². The fourth-order valence-corrected chi connectivity index (χ4v) is 3.38. The van der Waals surface area contributed by atoms with Crippen LogP contribution in [0.15, 0.2) is 6.07 Å². The van der Waals surface area contributed by atoms with Crippen molar-refractivity contribution in [2.75, 3.05) is 7.05 Å². The number of thiophene rings is 1. The Balaban J connectivity index is 2.09. The maximum Gasteiger partial charge on any atom is 0.246 e. The van der Waals surface area contributed by atoms with Crippen molar-refractivity contribution in [1.82, 2.24) is 10.2 Å². The van der Waals surface area contributed by atoms with Gasteiger partial charge in [0.15, 0.2) is 0 Å². The molecule has 4 nitrogen and oxygen atoms in total. The maximum atomic E-state index is 11.8. The monoisotopic (exact) mass is 266 g/mol. The summed E-state index contributed by atoms with van der Waals surface area (Å²) >= 11 is 1.76. The third kappa shape index (κ3) is 2.33. The van der Waals surface area contributed by atoms with E-state index < -0.39 is 0 Å². The third-order valence-electron chi connectivity index (χ3n) is 3.38. The molecule has 0 aromatic carbocycles. The zero-order valence-electron chi connectivity index (χ0n) is 11.1. The summed E-state index contributed by atoms with van der Waals surface area (Å²) in [4.78, 5) is 27.0. The average Bonchev–Trinajstić information content (AvgIpc) is 2.75. The molecule has 0 spiro atoms. The minimum absolute atomic E-state index is 0.0863. The quantitative estimate of drug-likeness (QED) is 0.848. The number of hydrogen-bond donors (Lipinski definition) is 1. The molecular formula is C13H18N2O2S. The lowest BCUT2D eigenvalue weighted by Crippen LogP contribution is -2.38. The first-order valence-corrected chi connectivity index (χ1v) is 6.85. The number of nitrogens with one attached hydrogen (secondary N) is 1. The number of carbonyl (C=O) groups excluding carboxylic acids is 2. The molecule has 1 aliphatic rings. The number of likely N-dealkylation sites (tertiary alicyclic amines) is 1. The fourth-order valence-electron chi connectivity index (χ4n) is 2.36. The molecule has 0 bridgehead atoms. The molecule has 2 rings (SSSR count). The zero-order valence-corrected chi connectivity index (χ0v) is 11.9. The van der Waals surface area contributed by atoms with Crippen LogP contribution in [0.3, 0.4) is 0 Å². The van der Waals surface area contributed by atoms with E-state index in [1.165, 1.54) is 27.3 Å². The molecule has 5 heteroatoms. The molecule has 98 valence electrons. The minimum atomic E-state index is -0.378. The highest BCUT2D eigenvalue weighted by Gasteiger charge is 2.36. The minimum Gasteiger partial charge on any atom is -0.299 e. The van der Waals surface area contributed by atoms with Gasteiger partial charge in [0.25, 0.3) is 0 Å². The number of amides is 2. The van der Waals surface area contributed by atoms with Crippen molar-refractivity contribution in [2.24, 2.45) is 0 Å². The molecule has 1 N–H and O–H groups in total. The number of imide groups is 1. The van der Waals surface area contributed by atoms with Crippen LogP contribution in [0.25, 0.3) is 0 Å². The SMILES string of the molecule is Cc1cc(C(C)NC2CC(=O)N(C)C2=O)c(C)s1. The third-order valence-corrected chi connectivity index (χ3v) is 4.36. The van der Waals surface area contributed by atoms with Crippen LogP contribution >= 0.6 is 11.3 Å². The van der Waals surface area contributed by atoms with Crippen molar-refractivity contribution in [3.8, 4) is 0 Å². The van der Waals surface area contributed by atoms with Crippen LogP contribution in [0.1, 0.15) is 34.7 Å².